The number of hydrogen-bond donors (Lipinski definition) is 3. The second-order valence-electron chi connectivity index (χ2n) is 2.66. The average molecular weight is 203 g/mol. The van der Waals surface area contributed by atoms with Crippen LogP contribution in [0.15, 0.2) is 6.07 Å². The zero-order valence-electron chi connectivity index (χ0n) is 7.16. The molecule has 13 heavy (non-hydrogen) atoms. The van der Waals surface area contributed by atoms with Crippen molar-refractivity contribution in [3.8, 4) is 0 Å². The molecule has 1 rings (SSSR count). The molecular formula is C7H11ClN4O. The predicted octanol–water partition coefficient (Wildman–Crippen LogP) is 0.505. The molecule has 4 N–H and O–H groups in total. The predicted molar refractivity (Wildman–Crippen MR) is 51.6 cm³/mol. The van der Waals surface area contributed by atoms with Crippen molar-refractivity contribution in [1.29, 1.82) is 0 Å². The maximum atomic E-state index is 8.98. The summed E-state index contributed by atoms with van der Waals surface area (Å²) < 4.78 is 0. The standard InChI is InChI=1S/C7H11ClN4O/c1-4(13)3-10-6-2-5(8)11-7(9)12-6/h2,4,13H,3H2,1H3,(H3,9,10,11,12)/t4-/m0/s1. The summed E-state index contributed by atoms with van der Waals surface area (Å²) in [5, 5.41) is 12.1. The van der Waals surface area contributed by atoms with Gasteiger partial charge < -0.3 is 16.2 Å². The molecule has 0 amide bonds. The van der Waals surface area contributed by atoms with Crippen LogP contribution in [0, 0.1) is 0 Å². The Morgan fingerprint density at radius 1 is 1.69 bits per heavy atom. The van der Waals surface area contributed by atoms with E-state index < -0.39 is 6.10 Å². The second-order valence-corrected chi connectivity index (χ2v) is 3.05. The number of hydrogen-bond acceptors (Lipinski definition) is 5. The molecule has 0 aromatic carbocycles. The van der Waals surface area contributed by atoms with Crippen LogP contribution in [-0.4, -0.2) is 27.7 Å². The molecular weight excluding hydrogens is 192 g/mol. The molecule has 72 valence electrons. The summed E-state index contributed by atoms with van der Waals surface area (Å²) >= 11 is 5.63. The number of aliphatic hydroxyl groups excluding tert-OH is 1. The minimum absolute atomic E-state index is 0.112. The van der Waals surface area contributed by atoms with E-state index in [1.807, 2.05) is 0 Å². The van der Waals surface area contributed by atoms with Crippen molar-refractivity contribution in [1.82, 2.24) is 9.97 Å². The Labute approximate surface area is 81.0 Å². The first-order valence-electron chi connectivity index (χ1n) is 3.80. The second kappa shape index (κ2) is 4.25. The highest BCUT2D eigenvalue weighted by Gasteiger charge is 2.00. The van der Waals surface area contributed by atoms with Crippen molar-refractivity contribution in [3.63, 3.8) is 0 Å². The first-order valence-corrected chi connectivity index (χ1v) is 4.17. The number of halogens is 1. The fourth-order valence-electron chi connectivity index (χ4n) is 0.778. The summed E-state index contributed by atoms with van der Waals surface area (Å²) in [7, 11) is 0. The number of rotatable bonds is 3. The maximum Gasteiger partial charge on any atom is 0.223 e. The lowest BCUT2D eigenvalue weighted by Gasteiger charge is -2.07. The van der Waals surface area contributed by atoms with Crippen molar-refractivity contribution in [2.45, 2.75) is 13.0 Å². The van der Waals surface area contributed by atoms with Crippen LogP contribution in [0.4, 0.5) is 11.8 Å². The summed E-state index contributed by atoms with van der Waals surface area (Å²) in [6, 6.07) is 1.54. The lowest BCUT2D eigenvalue weighted by molar-refractivity contribution is 0.208. The van der Waals surface area contributed by atoms with E-state index in [0.29, 0.717) is 12.4 Å². The summed E-state index contributed by atoms with van der Waals surface area (Å²) in [5.41, 5.74) is 5.36. The van der Waals surface area contributed by atoms with E-state index in [0.717, 1.165) is 0 Å². The molecule has 5 nitrogen and oxygen atoms in total. The fourth-order valence-corrected chi connectivity index (χ4v) is 0.968. The SMILES string of the molecule is C[C@H](O)CNc1cc(Cl)nc(N)n1. The Balaban J connectivity index is 2.66. The minimum atomic E-state index is -0.449. The highest BCUT2D eigenvalue weighted by Crippen LogP contribution is 2.11. The summed E-state index contributed by atoms with van der Waals surface area (Å²) in [5.74, 6) is 0.624. The molecule has 0 aliphatic heterocycles. The van der Waals surface area contributed by atoms with Gasteiger partial charge in [0.05, 0.1) is 6.10 Å². The van der Waals surface area contributed by atoms with Crippen LogP contribution >= 0.6 is 11.6 Å². The topological polar surface area (TPSA) is 84.1 Å². The Kier molecular flexibility index (Phi) is 3.27. The molecule has 1 aromatic rings. The molecule has 1 aromatic heterocycles. The van der Waals surface area contributed by atoms with Crippen LogP contribution in [0.1, 0.15) is 6.92 Å². The Hall–Kier alpha value is -1.07. The van der Waals surface area contributed by atoms with Crippen molar-refractivity contribution >= 4 is 23.4 Å². The van der Waals surface area contributed by atoms with E-state index in [4.69, 9.17) is 22.4 Å². The van der Waals surface area contributed by atoms with Crippen molar-refractivity contribution in [2.24, 2.45) is 0 Å². The van der Waals surface area contributed by atoms with E-state index in [9.17, 15) is 0 Å². The number of aromatic nitrogens is 2. The van der Waals surface area contributed by atoms with Gasteiger partial charge in [-0.15, -0.1) is 0 Å². The van der Waals surface area contributed by atoms with E-state index >= 15 is 0 Å². The van der Waals surface area contributed by atoms with E-state index in [1.165, 1.54) is 0 Å². The molecule has 0 unspecified atom stereocenters. The van der Waals surface area contributed by atoms with Crippen LogP contribution in [0.3, 0.4) is 0 Å². The van der Waals surface area contributed by atoms with Crippen LogP contribution < -0.4 is 11.1 Å². The van der Waals surface area contributed by atoms with Crippen molar-refractivity contribution in [3.05, 3.63) is 11.2 Å². The van der Waals surface area contributed by atoms with Gasteiger partial charge >= 0.3 is 0 Å². The van der Waals surface area contributed by atoms with Crippen LogP contribution in [0.25, 0.3) is 0 Å². The number of anilines is 2. The Morgan fingerprint density at radius 3 is 2.92 bits per heavy atom. The van der Waals surface area contributed by atoms with Crippen LogP contribution in [-0.2, 0) is 0 Å². The van der Waals surface area contributed by atoms with Gasteiger partial charge in [0.2, 0.25) is 5.95 Å². The number of nitrogen functional groups attached to an aromatic ring is 1. The first-order chi connectivity index (χ1) is 6.08. The average Bonchev–Trinajstić information content (AvgIpc) is 1.99. The van der Waals surface area contributed by atoms with Gasteiger partial charge in [0.1, 0.15) is 11.0 Å². The molecule has 0 saturated carbocycles. The third-order valence-corrected chi connectivity index (χ3v) is 1.48. The highest BCUT2D eigenvalue weighted by atomic mass is 35.5. The molecule has 0 aliphatic rings. The van der Waals surface area contributed by atoms with Gasteiger partial charge in [0.15, 0.2) is 0 Å². The third-order valence-electron chi connectivity index (χ3n) is 1.29. The van der Waals surface area contributed by atoms with Gasteiger partial charge in [-0.25, -0.2) is 4.98 Å². The van der Waals surface area contributed by atoms with Gasteiger partial charge in [0.25, 0.3) is 0 Å². The highest BCUT2D eigenvalue weighted by molar-refractivity contribution is 6.29. The van der Waals surface area contributed by atoms with Gasteiger partial charge in [-0.2, -0.15) is 4.98 Å². The van der Waals surface area contributed by atoms with Gasteiger partial charge in [0, 0.05) is 12.6 Å². The summed E-state index contributed by atoms with van der Waals surface area (Å²) in [6.45, 7) is 2.06. The number of aliphatic hydroxyl groups is 1. The molecule has 0 saturated heterocycles. The zero-order valence-corrected chi connectivity index (χ0v) is 7.91. The minimum Gasteiger partial charge on any atom is -0.392 e. The molecule has 1 heterocycles. The molecule has 0 fully saturated rings. The summed E-state index contributed by atoms with van der Waals surface area (Å²) in [4.78, 5) is 7.56. The van der Waals surface area contributed by atoms with E-state index in [-0.39, 0.29) is 11.1 Å². The zero-order chi connectivity index (χ0) is 9.84. The van der Waals surface area contributed by atoms with Gasteiger partial charge in [-0.05, 0) is 6.92 Å². The molecule has 0 radical (unpaired) electrons. The molecule has 1 atom stereocenters. The van der Waals surface area contributed by atoms with E-state index in [1.54, 1.807) is 13.0 Å². The van der Waals surface area contributed by atoms with Crippen LogP contribution in [0.2, 0.25) is 5.15 Å². The number of nitrogens with two attached hydrogens (primary N) is 1. The smallest absolute Gasteiger partial charge is 0.223 e. The molecule has 0 spiro atoms. The normalized spacial score (nSPS) is 12.5. The lowest BCUT2D eigenvalue weighted by Crippen LogP contribution is -2.16. The maximum absolute atomic E-state index is 8.98. The molecule has 0 bridgehead atoms. The fraction of sp³-hybridized carbons (Fsp3) is 0.429. The van der Waals surface area contributed by atoms with Crippen molar-refractivity contribution < 1.29 is 5.11 Å². The quantitative estimate of drug-likeness (QED) is 0.622. The summed E-state index contributed by atoms with van der Waals surface area (Å²) in [6.07, 6.45) is -0.449. The third kappa shape index (κ3) is 3.43. The molecule has 0 aliphatic carbocycles. The van der Waals surface area contributed by atoms with Crippen LogP contribution in [0.5, 0.6) is 0 Å². The van der Waals surface area contributed by atoms with E-state index in [2.05, 4.69) is 15.3 Å². The van der Waals surface area contributed by atoms with Gasteiger partial charge in [-0.3, -0.25) is 0 Å². The lowest BCUT2D eigenvalue weighted by atomic mass is 10.4. The molecule has 6 heteroatoms. The largest absolute Gasteiger partial charge is 0.392 e. The Morgan fingerprint density at radius 2 is 2.38 bits per heavy atom. The number of nitrogens with zero attached hydrogens (tertiary/aromatic N) is 2. The Bertz CT molecular complexity index is 272. The number of nitrogens with one attached hydrogen (secondary N) is 1. The van der Waals surface area contributed by atoms with Crippen molar-refractivity contribution in [2.75, 3.05) is 17.6 Å². The monoisotopic (exact) mass is 202 g/mol. The van der Waals surface area contributed by atoms with Gasteiger partial charge in [-0.1, -0.05) is 11.6 Å². The first kappa shape index (κ1) is 10.0.